The number of benzene rings is 2. The third-order valence-electron chi connectivity index (χ3n) is 4.14. The van der Waals surface area contributed by atoms with E-state index in [2.05, 4.69) is 4.99 Å². The van der Waals surface area contributed by atoms with E-state index in [-0.39, 0.29) is 22.2 Å². The molecule has 0 spiro atoms. The zero-order valence-corrected chi connectivity index (χ0v) is 14.2. The molecule has 124 valence electrons. The average molecular weight is 350 g/mol. The van der Waals surface area contributed by atoms with Crippen LogP contribution in [0.3, 0.4) is 0 Å². The van der Waals surface area contributed by atoms with Crippen LogP contribution in [-0.2, 0) is 11.3 Å². The van der Waals surface area contributed by atoms with Crippen LogP contribution < -0.4 is 15.4 Å². The van der Waals surface area contributed by atoms with Gasteiger partial charge in [-0.25, -0.2) is 4.99 Å². The zero-order valence-electron chi connectivity index (χ0n) is 13.4. The van der Waals surface area contributed by atoms with Gasteiger partial charge in [-0.05, 0) is 24.6 Å². The lowest BCUT2D eigenvalue weighted by Crippen LogP contribution is -2.23. The SMILES string of the molecule is Cc1ccc2c(c1)=C(c1sc(=O)n(Cc3ccccc3)c1O)C(=O)N=2. The summed E-state index contributed by atoms with van der Waals surface area (Å²) in [5.41, 5.74) is 2.18. The number of hydrogen-bond donors (Lipinski definition) is 1. The predicted molar refractivity (Wildman–Crippen MR) is 95.3 cm³/mol. The van der Waals surface area contributed by atoms with Crippen molar-refractivity contribution < 1.29 is 9.90 Å². The highest BCUT2D eigenvalue weighted by Crippen LogP contribution is 2.28. The van der Waals surface area contributed by atoms with Crippen LogP contribution in [0.2, 0.25) is 0 Å². The summed E-state index contributed by atoms with van der Waals surface area (Å²) < 4.78 is 1.28. The topological polar surface area (TPSA) is 71.7 Å². The van der Waals surface area contributed by atoms with Gasteiger partial charge in [-0.3, -0.25) is 14.2 Å². The molecule has 0 saturated carbocycles. The summed E-state index contributed by atoms with van der Waals surface area (Å²) in [6, 6.07) is 14.9. The molecule has 6 heteroatoms. The Morgan fingerprint density at radius 1 is 1.12 bits per heavy atom. The molecule has 25 heavy (non-hydrogen) atoms. The number of aryl methyl sites for hydroxylation is 1. The molecule has 0 unspecified atom stereocenters. The van der Waals surface area contributed by atoms with Gasteiger partial charge in [0, 0.05) is 5.22 Å². The van der Waals surface area contributed by atoms with Crippen molar-refractivity contribution in [1.29, 1.82) is 0 Å². The van der Waals surface area contributed by atoms with Gasteiger partial charge in [-0.15, -0.1) is 0 Å². The number of rotatable bonds is 3. The van der Waals surface area contributed by atoms with Crippen LogP contribution in [0.25, 0.3) is 5.57 Å². The largest absolute Gasteiger partial charge is 0.493 e. The fourth-order valence-electron chi connectivity index (χ4n) is 2.91. The summed E-state index contributed by atoms with van der Waals surface area (Å²) >= 11 is 0.870. The van der Waals surface area contributed by atoms with Crippen LogP contribution in [0.1, 0.15) is 16.0 Å². The van der Waals surface area contributed by atoms with Gasteiger partial charge in [-0.1, -0.05) is 53.3 Å². The van der Waals surface area contributed by atoms with Crippen molar-refractivity contribution in [2.75, 3.05) is 0 Å². The summed E-state index contributed by atoms with van der Waals surface area (Å²) in [7, 11) is 0. The van der Waals surface area contributed by atoms with Gasteiger partial charge in [0.05, 0.1) is 17.5 Å². The van der Waals surface area contributed by atoms with E-state index in [1.807, 2.05) is 49.4 Å². The highest BCUT2D eigenvalue weighted by Gasteiger charge is 2.26. The minimum absolute atomic E-state index is 0.188. The van der Waals surface area contributed by atoms with Crippen LogP contribution in [0.5, 0.6) is 5.88 Å². The van der Waals surface area contributed by atoms with E-state index in [1.54, 1.807) is 6.07 Å². The molecule has 1 aromatic heterocycles. The average Bonchev–Trinajstić information content (AvgIpc) is 3.05. The molecule has 2 heterocycles. The van der Waals surface area contributed by atoms with E-state index >= 15 is 0 Å². The number of hydrogen-bond acceptors (Lipinski definition) is 4. The quantitative estimate of drug-likeness (QED) is 0.775. The number of aromatic nitrogens is 1. The van der Waals surface area contributed by atoms with E-state index in [4.69, 9.17) is 0 Å². The Kier molecular flexibility index (Phi) is 3.62. The summed E-state index contributed by atoms with van der Waals surface area (Å²) in [6.45, 7) is 2.17. The van der Waals surface area contributed by atoms with Crippen molar-refractivity contribution in [3.8, 4) is 5.88 Å². The molecule has 0 saturated heterocycles. The van der Waals surface area contributed by atoms with Gasteiger partial charge < -0.3 is 5.11 Å². The zero-order chi connectivity index (χ0) is 17.6. The monoisotopic (exact) mass is 350 g/mol. The van der Waals surface area contributed by atoms with Crippen molar-refractivity contribution in [2.45, 2.75) is 13.5 Å². The summed E-state index contributed by atoms with van der Waals surface area (Å²) in [4.78, 5) is 28.7. The van der Waals surface area contributed by atoms with Gasteiger partial charge >= 0.3 is 4.87 Å². The maximum atomic E-state index is 12.4. The molecule has 5 nitrogen and oxygen atoms in total. The molecule has 0 fully saturated rings. The van der Waals surface area contributed by atoms with E-state index in [1.165, 1.54) is 4.57 Å². The molecule has 0 atom stereocenters. The normalized spacial score (nSPS) is 13.0. The highest BCUT2D eigenvalue weighted by molar-refractivity contribution is 7.11. The minimum Gasteiger partial charge on any atom is -0.493 e. The lowest BCUT2D eigenvalue weighted by atomic mass is 10.1. The molecular weight excluding hydrogens is 336 g/mol. The van der Waals surface area contributed by atoms with Gasteiger partial charge in [0.1, 0.15) is 4.88 Å². The molecule has 0 radical (unpaired) electrons. The van der Waals surface area contributed by atoms with Gasteiger partial charge in [0.25, 0.3) is 5.91 Å². The maximum Gasteiger partial charge on any atom is 0.310 e. The van der Waals surface area contributed by atoms with Crippen molar-refractivity contribution in [3.63, 3.8) is 0 Å². The van der Waals surface area contributed by atoms with Gasteiger partial charge in [0.2, 0.25) is 5.88 Å². The first-order valence-corrected chi connectivity index (χ1v) is 8.57. The standard InChI is InChI=1S/C19H14N2O3S/c1-11-7-8-14-13(9-11)15(17(22)20-14)16-18(23)21(19(24)25-16)10-12-5-3-2-4-6-12/h2-9,23H,10H2,1H3. The number of carbonyl (C=O) groups is 1. The Bertz CT molecular complexity index is 1170. The van der Waals surface area contributed by atoms with Crippen molar-refractivity contribution in [1.82, 2.24) is 4.57 Å². The molecule has 3 aromatic rings. The Morgan fingerprint density at radius 2 is 1.88 bits per heavy atom. The summed E-state index contributed by atoms with van der Waals surface area (Å²) in [5.74, 6) is -0.615. The number of nitrogens with zero attached hydrogens (tertiary/aromatic N) is 2. The van der Waals surface area contributed by atoms with E-state index in [9.17, 15) is 14.7 Å². The number of amides is 1. The van der Waals surface area contributed by atoms with E-state index in [0.29, 0.717) is 16.1 Å². The van der Waals surface area contributed by atoms with Crippen LogP contribution in [0.4, 0.5) is 0 Å². The molecule has 0 bridgehead atoms. The lowest BCUT2D eigenvalue weighted by Gasteiger charge is -2.04. The van der Waals surface area contributed by atoms with Gasteiger partial charge in [-0.2, -0.15) is 0 Å². The second-order valence-corrected chi connectivity index (χ2v) is 6.87. The first-order valence-electron chi connectivity index (χ1n) is 7.75. The van der Waals surface area contributed by atoms with Crippen LogP contribution in [-0.4, -0.2) is 15.6 Å². The predicted octanol–water partition coefficient (Wildman–Crippen LogP) is 1.33. The van der Waals surface area contributed by atoms with Gasteiger partial charge in [0.15, 0.2) is 0 Å². The molecule has 4 rings (SSSR count). The first-order chi connectivity index (χ1) is 12.0. The summed E-state index contributed by atoms with van der Waals surface area (Å²) in [6.07, 6.45) is 0. The molecule has 1 aliphatic rings. The summed E-state index contributed by atoms with van der Waals surface area (Å²) in [5, 5.41) is 11.8. The molecule has 0 aliphatic carbocycles. The number of fused-ring (bicyclic) bond motifs is 1. The first kappa shape index (κ1) is 15.5. The van der Waals surface area contributed by atoms with Crippen molar-refractivity contribution in [3.05, 3.63) is 84.8 Å². The smallest absolute Gasteiger partial charge is 0.310 e. The third-order valence-corrected chi connectivity index (χ3v) is 5.12. The molecular formula is C19H14N2O3S. The third kappa shape index (κ3) is 2.60. The second-order valence-electron chi connectivity index (χ2n) is 5.91. The molecule has 1 amide bonds. The fourth-order valence-corrected chi connectivity index (χ4v) is 3.85. The van der Waals surface area contributed by atoms with E-state index < -0.39 is 5.91 Å². The minimum atomic E-state index is -0.427. The van der Waals surface area contributed by atoms with Crippen molar-refractivity contribution in [2.24, 2.45) is 4.99 Å². The molecule has 1 N–H and O–H groups in total. The lowest BCUT2D eigenvalue weighted by molar-refractivity contribution is -0.112. The molecule has 2 aromatic carbocycles. The van der Waals surface area contributed by atoms with Crippen LogP contribution in [0, 0.1) is 6.92 Å². The Hall–Kier alpha value is -2.99. The Balaban J connectivity index is 1.90. The van der Waals surface area contributed by atoms with E-state index in [0.717, 1.165) is 22.5 Å². The van der Waals surface area contributed by atoms with Crippen LogP contribution >= 0.6 is 11.3 Å². The number of carbonyl (C=O) groups excluding carboxylic acids is 1. The second kappa shape index (κ2) is 5.82. The van der Waals surface area contributed by atoms with Crippen molar-refractivity contribution >= 4 is 22.8 Å². The maximum absolute atomic E-state index is 12.4. The number of thiazole rings is 1. The number of aromatic hydroxyl groups is 1. The Morgan fingerprint density at radius 3 is 2.64 bits per heavy atom. The molecule has 1 aliphatic heterocycles. The Labute approximate surface area is 146 Å². The highest BCUT2D eigenvalue weighted by atomic mass is 32.1. The fraction of sp³-hybridized carbons (Fsp3) is 0.105. The van der Waals surface area contributed by atoms with Crippen LogP contribution in [0.15, 0.2) is 58.3 Å².